The highest BCUT2D eigenvalue weighted by molar-refractivity contribution is 5.80. The molecule has 256 valence electrons. The largest absolute Gasteiger partial charge is 0.493 e. The van der Waals surface area contributed by atoms with E-state index < -0.39 is 17.7 Å². The normalized spacial score (nSPS) is 15.3. The predicted molar refractivity (Wildman–Crippen MR) is 189 cm³/mol. The van der Waals surface area contributed by atoms with Gasteiger partial charge < -0.3 is 19.1 Å². The van der Waals surface area contributed by atoms with E-state index in [1.165, 1.54) is 7.11 Å². The molecule has 1 fully saturated rings. The second-order valence-corrected chi connectivity index (χ2v) is 14.0. The molecule has 1 aliphatic rings. The number of piperidine rings is 1. The van der Waals surface area contributed by atoms with E-state index in [-0.39, 0.29) is 5.41 Å². The average molecular weight is 655 g/mol. The lowest BCUT2D eigenvalue weighted by Crippen LogP contribution is -2.41. The third-order valence-corrected chi connectivity index (χ3v) is 8.98. The van der Waals surface area contributed by atoms with E-state index in [1.54, 1.807) is 4.68 Å². The van der Waals surface area contributed by atoms with Crippen LogP contribution in [0.5, 0.6) is 5.75 Å². The summed E-state index contributed by atoms with van der Waals surface area (Å²) in [4.78, 5) is 20.6. The number of para-hydroxylation sites is 1. The van der Waals surface area contributed by atoms with E-state index in [2.05, 4.69) is 36.1 Å². The molecule has 0 bridgehead atoms. The Kier molecular flexibility index (Phi) is 10.7. The fourth-order valence-electron chi connectivity index (χ4n) is 6.31. The first-order valence-electron chi connectivity index (χ1n) is 16.8. The van der Waals surface area contributed by atoms with E-state index in [1.807, 2.05) is 81.0 Å². The number of esters is 1. The van der Waals surface area contributed by atoms with Crippen molar-refractivity contribution in [1.29, 1.82) is 0 Å². The smallest absolute Gasteiger partial charge is 0.339 e. The standard InChI is InChI=1S/C38H50N6O4/c1-9-11-17-38(7)18-20-42(21-19-38)35-33(34(36(45)46-8)48-37(4,5)6)27(3)40-31-24-32(41-44(31)35)43-26-28(25-39-43)23-29-15-13-14-16-30(29)47-22-12-10-2/h9-10,13-16,24-26,34H,1-2,11-12,17-23H2,3-8H3/t34-/m0/s1. The molecule has 3 aromatic heterocycles. The molecule has 0 saturated carbocycles. The van der Waals surface area contributed by atoms with Gasteiger partial charge >= 0.3 is 5.97 Å². The van der Waals surface area contributed by atoms with Gasteiger partial charge in [0, 0.05) is 37.5 Å². The van der Waals surface area contributed by atoms with Gasteiger partial charge in [0.25, 0.3) is 0 Å². The maximum Gasteiger partial charge on any atom is 0.339 e. The SMILES string of the molecule is C=CCCOc1ccccc1Cc1cnn(-c2cc3nc(C)c([C@H](OC(C)(C)C)C(=O)OC)c(N4CCC(C)(CCC=C)CC4)n3n2)c1. The second kappa shape index (κ2) is 14.8. The molecule has 0 aliphatic carbocycles. The zero-order chi connectivity index (χ0) is 34.5. The summed E-state index contributed by atoms with van der Waals surface area (Å²) in [6, 6.07) is 9.99. The van der Waals surface area contributed by atoms with Gasteiger partial charge in [0.05, 0.1) is 31.1 Å². The molecule has 0 amide bonds. The molecule has 1 aliphatic heterocycles. The number of anilines is 1. The fraction of sp³-hybridized carbons (Fsp3) is 0.474. The Morgan fingerprint density at radius 3 is 2.54 bits per heavy atom. The maximum absolute atomic E-state index is 13.4. The zero-order valence-electron chi connectivity index (χ0n) is 29.4. The maximum atomic E-state index is 13.4. The minimum absolute atomic E-state index is 0.214. The lowest BCUT2D eigenvalue weighted by atomic mass is 9.76. The molecule has 1 saturated heterocycles. The van der Waals surface area contributed by atoms with Crippen molar-refractivity contribution < 1.29 is 19.0 Å². The molecule has 0 unspecified atom stereocenters. The summed E-state index contributed by atoms with van der Waals surface area (Å²) in [5.41, 5.74) is 3.73. The van der Waals surface area contributed by atoms with Crippen molar-refractivity contribution in [1.82, 2.24) is 24.4 Å². The fourth-order valence-corrected chi connectivity index (χ4v) is 6.31. The number of allylic oxidation sites excluding steroid dienone is 1. The molecule has 48 heavy (non-hydrogen) atoms. The van der Waals surface area contributed by atoms with Crippen molar-refractivity contribution >= 4 is 17.4 Å². The molecule has 0 radical (unpaired) electrons. The Labute approximate surface area is 284 Å². The van der Waals surface area contributed by atoms with Gasteiger partial charge in [-0.1, -0.05) is 37.3 Å². The summed E-state index contributed by atoms with van der Waals surface area (Å²) >= 11 is 0. The van der Waals surface area contributed by atoms with Crippen LogP contribution in [0.1, 0.15) is 88.3 Å². The molecular weight excluding hydrogens is 604 g/mol. The van der Waals surface area contributed by atoms with E-state index in [0.717, 1.165) is 67.9 Å². The lowest BCUT2D eigenvalue weighted by Gasteiger charge is -2.41. The number of carbonyl (C=O) groups excluding carboxylic acids is 1. The van der Waals surface area contributed by atoms with Gasteiger partial charge in [-0.25, -0.2) is 14.5 Å². The van der Waals surface area contributed by atoms with Crippen LogP contribution in [-0.2, 0) is 20.7 Å². The Morgan fingerprint density at radius 2 is 1.85 bits per heavy atom. The number of ether oxygens (including phenoxy) is 3. The van der Waals surface area contributed by atoms with Crippen LogP contribution < -0.4 is 9.64 Å². The summed E-state index contributed by atoms with van der Waals surface area (Å²) in [7, 11) is 1.39. The third kappa shape index (κ3) is 7.98. The third-order valence-electron chi connectivity index (χ3n) is 8.98. The van der Waals surface area contributed by atoms with Gasteiger partial charge in [0.15, 0.2) is 17.6 Å². The predicted octanol–water partition coefficient (Wildman–Crippen LogP) is 7.37. The summed E-state index contributed by atoms with van der Waals surface area (Å²) < 4.78 is 21.3. The molecule has 5 rings (SSSR count). The topological polar surface area (TPSA) is 96.0 Å². The Balaban J connectivity index is 1.54. The molecule has 10 heteroatoms. The van der Waals surface area contributed by atoms with Crippen molar-refractivity contribution in [2.24, 2.45) is 5.41 Å². The molecule has 0 spiro atoms. The number of hydrogen-bond donors (Lipinski definition) is 0. The highest BCUT2D eigenvalue weighted by Gasteiger charge is 2.37. The Bertz CT molecular complexity index is 1740. The quantitative estimate of drug-likeness (QED) is 0.0790. The zero-order valence-corrected chi connectivity index (χ0v) is 29.4. The van der Waals surface area contributed by atoms with Crippen LogP contribution in [-0.4, -0.2) is 62.8 Å². The van der Waals surface area contributed by atoms with Crippen molar-refractivity contribution in [3.63, 3.8) is 0 Å². The number of nitrogens with zero attached hydrogens (tertiary/aromatic N) is 6. The first-order valence-corrected chi connectivity index (χ1v) is 16.8. The van der Waals surface area contributed by atoms with Gasteiger partial charge in [-0.05, 0) is 82.4 Å². The lowest BCUT2D eigenvalue weighted by molar-refractivity contribution is -0.164. The number of aryl methyl sites for hydroxylation is 1. The van der Waals surface area contributed by atoms with E-state index in [0.29, 0.717) is 35.8 Å². The first kappa shape index (κ1) is 34.9. The Hall–Kier alpha value is -4.44. The molecule has 1 atom stereocenters. The van der Waals surface area contributed by atoms with E-state index in [9.17, 15) is 4.79 Å². The summed E-state index contributed by atoms with van der Waals surface area (Å²) in [5.74, 6) is 1.81. The van der Waals surface area contributed by atoms with Crippen LogP contribution in [0.3, 0.4) is 0 Å². The van der Waals surface area contributed by atoms with Gasteiger partial charge in [0.1, 0.15) is 11.6 Å². The van der Waals surface area contributed by atoms with Crippen LogP contribution in [0.25, 0.3) is 11.5 Å². The number of methoxy groups -OCH3 is 1. The van der Waals surface area contributed by atoms with Gasteiger partial charge in [-0.15, -0.1) is 18.3 Å². The van der Waals surface area contributed by atoms with Crippen LogP contribution in [0, 0.1) is 12.3 Å². The number of fused-ring (bicyclic) bond motifs is 1. The van der Waals surface area contributed by atoms with Crippen molar-refractivity contribution in [2.75, 3.05) is 31.7 Å². The minimum atomic E-state index is -0.978. The number of hydrogen-bond acceptors (Lipinski definition) is 8. The van der Waals surface area contributed by atoms with E-state index in [4.69, 9.17) is 24.3 Å². The van der Waals surface area contributed by atoms with Gasteiger partial charge in [-0.3, -0.25) is 0 Å². The van der Waals surface area contributed by atoms with Crippen molar-refractivity contribution in [3.05, 3.63) is 90.4 Å². The number of rotatable bonds is 14. The van der Waals surface area contributed by atoms with Crippen LogP contribution in [0.15, 0.2) is 68.0 Å². The molecule has 1 aromatic carbocycles. The van der Waals surface area contributed by atoms with E-state index >= 15 is 0 Å². The minimum Gasteiger partial charge on any atom is -0.493 e. The average Bonchev–Trinajstić information content (AvgIpc) is 3.70. The molecule has 4 aromatic rings. The number of aromatic nitrogens is 5. The number of benzene rings is 1. The first-order chi connectivity index (χ1) is 22.9. The van der Waals surface area contributed by atoms with Crippen LogP contribution in [0.2, 0.25) is 0 Å². The molecule has 10 nitrogen and oxygen atoms in total. The van der Waals surface area contributed by atoms with Crippen LogP contribution >= 0.6 is 0 Å². The second-order valence-electron chi connectivity index (χ2n) is 14.0. The highest BCUT2D eigenvalue weighted by Crippen LogP contribution is 2.41. The highest BCUT2D eigenvalue weighted by atomic mass is 16.6. The van der Waals surface area contributed by atoms with Crippen molar-refractivity contribution in [2.45, 2.75) is 84.8 Å². The Morgan fingerprint density at radius 1 is 1.12 bits per heavy atom. The summed E-state index contributed by atoms with van der Waals surface area (Å²) in [6.45, 7) is 20.0. The summed E-state index contributed by atoms with van der Waals surface area (Å²) in [5, 5.41) is 9.74. The monoisotopic (exact) mass is 654 g/mol. The molecule has 0 N–H and O–H groups in total. The van der Waals surface area contributed by atoms with Gasteiger partial charge in [-0.2, -0.15) is 9.61 Å². The molecular formula is C38H50N6O4. The molecule has 4 heterocycles. The van der Waals surface area contributed by atoms with Gasteiger partial charge in [0.2, 0.25) is 0 Å². The number of carbonyl (C=O) groups is 1. The summed E-state index contributed by atoms with van der Waals surface area (Å²) in [6.07, 6.45) is 12.3. The van der Waals surface area contributed by atoms with Crippen LogP contribution in [0.4, 0.5) is 5.82 Å². The van der Waals surface area contributed by atoms with Crippen molar-refractivity contribution in [3.8, 4) is 11.6 Å².